The van der Waals surface area contributed by atoms with Crippen LogP contribution in [0.1, 0.15) is 18.4 Å². The molecule has 0 atom stereocenters. The molecule has 1 N–H and O–H groups in total. The summed E-state index contributed by atoms with van der Waals surface area (Å²) in [4.78, 5) is 1.58. The number of hydrogen-bond acceptors (Lipinski definition) is 5. The molecule has 6 nitrogen and oxygen atoms in total. The summed E-state index contributed by atoms with van der Waals surface area (Å²) in [5.41, 5.74) is -4.16. The molecule has 0 unspecified atom stereocenters. The Kier molecular flexibility index (Phi) is 11.3. The van der Waals surface area contributed by atoms with Crippen molar-refractivity contribution in [2.75, 3.05) is 11.5 Å². The van der Waals surface area contributed by atoms with Gasteiger partial charge in [-0.3, -0.25) is 4.55 Å². The average Bonchev–Trinajstić information content (AvgIpc) is 3.20. The SMILES string of the molecule is Cc1ccc([S+]2CCCC2)cc1.O=S(=O)(O)C(F)(F)F.O=S(=O)([O-])C(F)(F)C(F)(F)C(F)(F)C(F)(F)F. The summed E-state index contributed by atoms with van der Waals surface area (Å²) >= 11 is 0. The van der Waals surface area contributed by atoms with Crippen molar-refractivity contribution in [2.45, 2.75) is 53.4 Å². The lowest BCUT2D eigenvalue weighted by Gasteiger charge is -2.34. The molecule has 1 aliphatic heterocycles. The predicted octanol–water partition coefficient (Wildman–Crippen LogP) is 5.12. The molecule has 1 fully saturated rings. The maximum atomic E-state index is 12.2. The van der Waals surface area contributed by atoms with E-state index in [2.05, 4.69) is 31.2 Å². The predicted molar refractivity (Wildman–Crippen MR) is 104 cm³/mol. The smallest absolute Gasteiger partial charge is 0.522 e. The first kappa shape index (κ1) is 35.5. The zero-order valence-electron chi connectivity index (χ0n) is 17.9. The Morgan fingerprint density at radius 2 is 1.11 bits per heavy atom. The molecule has 0 spiro atoms. The third-order valence-corrected chi connectivity index (χ3v) is 8.08. The van der Waals surface area contributed by atoms with Gasteiger partial charge in [-0.25, -0.2) is 8.42 Å². The van der Waals surface area contributed by atoms with Crippen molar-refractivity contribution in [3.63, 3.8) is 0 Å². The van der Waals surface area contributed by atoms with Crippen LogP contribution in [0.25, 0.3) is 0 Å². The quantitative estimate of drug-likeness (QED) is 0.215. The van der Waals surface area contributed by atoms with Crippen LogP contribution in [0.3, 0.4) is 0 Å². The molecule has 1 aromatic carbocycles. The zero-order chi connectivity index (χ0) is 29.9. The summed E-state index contributed by atoms with van der Waals surface area (Å²) in [6.45, 7) is 2.15. The number of halogens is 12. The van der Waals surface area contributed by atoms with Gasteiger partial charge in [0.2, 0.25) is 0 Å². The van der Waals surface area contributed by atoms with E-state index < -0.39 is 49.0 Å². The first-order chi connectivity index (χ1) is 16.1. The molecule has 1 heterocycles. The highest BCUT2D eigenvalue weighted by Gasteiger charge is 2.83. The Morgan fingerprint density at radius 3 is 1.38 bits per heavy atom. The molecule has 0 aliphatic carbocycles. The third-order valence-electron chi connectivity index (χ3n) is 4.11. The monoisotopic (exact) mass is 628 g/mol. The van der Waals surface area contributed by atoms with Gasteiger partial charge in [0.1, 0.15) is 11.5 Å². The van der Waals surface area contributed by atoms with Gasteiger partial charge in [-0.1, -0.05) is 17.7 Å². The number of aryl methyl sites for hydroxylation is 1. The number of benzene rings is 1. The standard InChI is InChI=1S/C11H15S.C4HF9O3S.CHF3O3S/c1-10-4-6-11(7-5-10)12-8-2-3-9-12;5-1(6,3(9,10)11)2(7,8)4(12,13)17(14,15)16;2-1(3,4)8(5,6)7/h4-7H,2-3,8-9H2,1H3;(H,14,15,16);(H,5,6,7)/q+1;;/p-1. The molecule has 0 aromatic heterocycles. The van der Waals surface area contributed by atoms with Crippen molar-refractivity contribution in [3.8, 4) is 0 Å². The van der Waals surface area contributed by atoms with E-state index in [1.54, 1.807) is 4.90 Å². The number of alkyl halides is 12. The van der Waals surface area contributed by atoms with Crippen molar-refractivity contribution in [1.29, 1.82) is 0 Å². The van der Waals surface area contributed by atoms with E-state index in [1.807, 2.05) is 0 Å². The minimum absolute atomic E-state index is 0.601. The van der Waals surface area contributed by atoms with E-state index in [0.29, 0.717) is 10.9 Å². The van der Waals surface area contributed by atoms with Gasteiger partial charge in [0.05, 0.1) is 0 Å². The van der Waals surface area contributed by atoms with Gasteiger partial charge in [0.25, 0.3) is 0 Å². The van der Waals surface area contributed by atoms with Crippen molar-refractivity contribution in [1.82, 2.24) is 0 Å². The van der Waals surface area contributed by atoms with Crippen molar-refractivity contribution in [2.24, 2.45) is 0 Å². The normalized spacial score (nSPS) is 16.4. The fourth-order valence-electron chi connectivity index (χ4n) is 2.14. The Balaban J connectivity index is 0.000000562. The molecule has 37 heavy (non-hydrogen) atoms. The highest BCUT2D eigenvalue weighted by Crippen LogP contribution is 2.54. The van der Waals surface area contributed by atoms with E-state index in [1.165, 1.54) is 29.9 Å². The minimum atomic E-state index is -7.43. The molecule has 0 radical (unpaired) electrons. The second-order valence-corrected chi connectivity index (χ2v) is 12.1. The summed E-state index contributed by atoms with van der Waals surface area (Å²) in [7, 11) is -12.7. The van der Waals surface area contributed by atoms with Crippen molar-refractivity contribution < 1.29 is 78.6 Å². The fourth-order valence-corrected chi connectivity index (χ4v) is 4.88. The highest BCUT2D eigenvalue weighted by atomic mass is 32.2. The fraction of sp³-hybridized carbons (Fsp3) is 0.625. The van der Waals surface area contributed by atoms with Crippen molar-refractivity contribution >= 4 is 31.1 Å². The lowest BCUT2D eigenvalue weighted by molar-refractivity contribution is -0.382. The largest absolute Gasteiger partial charge is 0.743 e. The Labute approximate surface area is 204 Å². The second kappa shape index (κ2) is 11.7. The van der Waals surface area contributed by atoms with Crippen LogP contribution in [0.2, 0.25) is 0 Å². The molecule has 1 aliphatic rings. The van der Waals surface area contributed by atoms with Crippen LogP contribution in [0.4, 0.5) is 52.7 Å². The molecule has 0 bridgehead atoms. The van der Waals surface area contributed by atoms with Crippen molar-refractivity contribution in [3.05, 3.63) is 29.8 Å². The number of hydrogen-bond donors (Lipinski definition) is 1. The molecule has 0 saturated carbocycles. The molecular formula is C16H16F12O6S3. The summed E-state index contributed by atoms with van der Waals surface area (Å²) in [6.07, 6.45) is -4.28. The topological polar surface area (TPSA) is 112 Å². The van der Waals surface area contributed by atoms with Gasteiger partial charge in [-0.05, 0) is 31.9 Å². The Hall–Kier alpha value is -1.45. The van der Waals surface area contributed by atoms with Gasteiger partial charge in [0, 0.05) is 10.9 Å². The van der Waals surface area contributed by atoms with Crippen LogP contribution in [0.5, 0.6) is 0 Å². The first-order valence-electron chi connectivity index (χ1n) is 9.04. The van der Waals surface area contributed by atoms with E-state index >= 15 is 0 Å². The molecule has 1 saturated heterocycles. The number of rotatable bonds is 4. The highest BCUT2D eigenvalue weighted by molar-refractivity contribution is 7.97. The van der Waals surface area contributed by atoms with E-state index in [0.717, 1.165) is 0 Å². The molecule has 1 aromatic rings. The van der Waals surface area contributed by atoms with Crippen LogP contribution in [-0.2, 0) is 31.1 Å². The average molecular weight is 628 g/mol. The van der Waals surface area contributed by atoms with Crippen LogP contribution >= 0.6 is 0 Å². The van der Waals surface area contributed by atoms with Crippen LogP contribution in [-0.4, -0.2) is 66.2 Å². The van der Waals surface area contributed by atoms with Gasteiger partial charge in [0.15, 0.2) is 15.0 Å². The Bertz CT molecular complexity index is 1090. The zero-order valence-corrected chi connectivity index (χ0v) is 20.3. The molecule has 218 valence electrons. The summed E-state index contributed by atoms with van der Waals surface area (Å²) in [5, 5.41) is -7.11. The maximum Gasteiger partial charge on any atom is 0.522 e. The molecule has 21 heteroatoms. The van der Waals surface area contributed by atoms with Crippen LogP contribution < -0.4 is 0 Å². The van der Waals surface area contributed by atoms with Crippen LogP contribution in [0, 0.1) is 6.92 Å². The van der Waals surface area contributed by atoms with Gasteiger partial charge in [-0.15, -0.1) is 0 Å². The second-order valence-electron chi connectivity index (χ2n) is 6.96. The Morgan fingerprint density at radius 1 is 0.757 bits per heavy atom. The summed E-state index contributed by atoms with van der Waals surface area (Å²) < 4.78 is 193. The molecule has 2 rings (SSSR count). The lowest BCUT2D eigenvalue weighted by atomic mass is 10.1. The van der Waals surface area contributed by atoms with Gasteiger partial charge < -0.3 is 4.55 Å². The molecular weight excluding hydrogens is 612 g/mol. The third kappa shape index (κ3) is 8.79. The van der Waals surface area contributed by atoms with E-state index in [9.17, 15) is 65.7 Å². The van der Waals surface area contributed by atoms with Gasteiger partial charge in [-0.2, -0.15) is 61.1 Å². The maximum absolute atomic E-state index is 12.2. The van der Waals surface area contributed by atoms with E-state index in [-0.39, 0.29) is 0 Å². The molecule has 0 amide bonds. The summed E-state index contributed by atoms with van der Waals surface area (Å²) in [5.74, 6) is -12.0. The lowest BCUT2D eigenvalue weighted by Crippen LogP contribution is -2.63. The summed E-state index contributed by atoms with van der Waals surface area (Å²) in [6, 6.07) is 9.09. The van der Waals surface area contributed by atoms with E-state index in [4.69, 9.17) is 13.0 Å². The van der Waals surface area contributed by atoms with Gasteiger partial charge >= 0.3 is 38.9 Å². The first-order valence-corrected chi connectivity index (χ1v) is 13.5. The minimum Gasteiger partial charge on any atom is -0.743 e. The van der Waals surface area contributed by atoms with Crippen LogP contribution in [0.15, 0.2) is 29.2 Å².